The van der Waals surface area contributed by atoms with E-state index in [1.165, 1.54) is 35.0 Å². The lowest BCUT2D eigenvalue weighted by Gasteiger charge is -2.34. The maximum atomic E-state index is 12.3. The third-order valence-electron chi connectivity index (χ3n) is 5.95. The third-order valence-corrected chi connectivity index (χ3v) is 7.17. The number of aromatic nitrogens is 4. The molecular weight excluding hydrogens is 396 g/mol. The molecule has 1 aliphatic carbocycles. The van der Waals surface area contributed by atoms with Gasteiger partial charge in [-0.15, -0.1) is 11.3 Å². The van der Waals surface area contributed by atoms with Gasteiger partial charge in [-0.25, -0.2) is 9.67 Å². The van der Waals surface area contributed by atoms with Crippen molar-refractivity contribution in [1.82, 2.24) is 24.6 Å². The molecule has 0 N–H and O–H groups in total. The predicted molar refractivity (Wildman–Crippen MR) is 119 cm³/mol. The standard InChI is InChI=1S/C22H26N6OS/c29-21-6-5-18(17-7-9-23-10-8-17)25-28(21)16-13-26-11-14-27(15-12-26)22-24-19-3-1-2-4-20(19)30-22/h5-10H,1-4,11-16H2. The zero-order valence-corrected chi connectivity index (χ0v) is 17.9. The van der Waals surface area contributed by atoms with Gasteiger partial charge in [0.25, 0.3) is 5.56 Å². The SMILES string of the molecule is O=c1ccc(-c2ccncc2)nn1CCN1CCN(c2nc3c(s2)CCCC3)CC1. The zero-order valence-electron chi connectivity index (χ0n) is 17.0. The summed E-state index contributed by atoms with van der Waals surface area (Å²) in [5.41, 5.74) is 3.05. The van der Waals surface area contributed by atoms with Crippen LogP contribution in [-0.2, 0) is 19.4 Å². The second kappa shape index (κ2) is 8.65. The van der Waals surface area contributed by atoms with E-state index < -0.39 is 0 Å². The second-order valence-electron chi connectivity index (χ2n) is 7.92. The Bertz CT molecular complexity index is 1030. The van der Waals surface area contributed by atoms with E-state index in [9.17, 15) is 4.79 Å². The van der Waals surface area contributed by atoms with Gasteiger partial charge in [-0.3, -0.25) is 14.7 Å². The predicted octanol–water partition coefficient (Wildman–Crippen LogP) is 2.46. The number of nitrogens with zero attached hydrogens (tertiary/aromatic N) is 6. The van der Waals surface area contributed by atoms with Gasteiger partial charge in [-0.2, -0.15) is 5.10 Å². The van der Waals surface area contributed by atoms with Gasteiger partial charge in [0.2, 0.25) is 0 Å². The van der Waals surface area contributed by atoms with E-state index in [-0.39, 0.29) is 5.56 Å². The molecule has 30 heavy (non-hydrogen) atoms. The number of anilines is 1. The first-order chi connectivity index (χ1) is 14.8. The van der Waals surface area contributed by atoms with Crippen LogP contribution in [0.2, 0.25) is 0 Å². The van der Waals surface area contributed by atoms with Crippen LogP contribution in [0.15, 0.2) is 41.5 Å². The van der Waals surface area contributed by atoms with E-state index in [1.54, 1.807) is 29.2 Å². The van der Waals surface area contributed by atoms with Crippen molar-refractivity contribution in [2.45, 2.75) is 32.2 Å². The Labute approximate surface area is 180 Å². The highest BCUT2D eigenvalue weighted by Gasteiger charge is 2.22. The molecule has 1 fully saturated rings. The molecule has 3 aromatic rings. The number of piperazine rings is 1. The minimum atomic E-state index is -0.0557. The second-order valence-corrected chi connectivity index (χ2v) is 8.98. The van der Waals surface area contributed by atoms with Crippen molar-refractivity contribution in [2.75, 3.05) is 37.6 Å². The van der Waals surface area contributed by atoms with E-state index in [2.05, 4.69) is 19.9 Å². The van der Waals surface area contributed by atoms with Crippen LogP contribution >= 0.6 is 11.3 Å². The summed E-state index contributed by atoms with van der Waals surface area (Å²) in [7, 11) is 0. The first kappa shape index (κ1) is 19.4. The average Bonchev–Trinajstić information content (AvgIpc) is 3.24. The molecule has 0 amide bonds. The first-order valence-electron chi connectivity index (χ1n) is 10.7. The summed E-state index contributed by atoms with van der Waals surface area (Å²) < 4.78 is 1.58. The van der Waals surface area contributed by atoms with Crippen LogP contribution in [0, 0.1) is 0 Å². The van der Waals surface area contributed by atoms with Crippen LogP contribution in [0.3, 0.4) is 0 Å². The maximum absolute atomic E-state index is 12.3. The molecule has 7 nitrogen and oxygen atoms in total. The number of aryl methyl sites for hydroxylation is 2. The Morgan fingerprint density at radius 3 is 2.53 bits per heavy atom. The monoisotopic (exact) mass is 422 g/mol. The quantitative estimate of drug-likeness (QED) is 0.629. The van der Waals surface area contributed by atoms with Gasteiger partial charge in [0, 0.05) is 61.6 Å². The third kappa shape index (κ3) is 4.15. The van der Waals surface area contributed by atoms with E-state index in [4.69, 9.17) is 4.98 Å². The van der Waals surface area contributed by atoms with Crippen molar-refractivity contribution in [3.05, 3.63) is 57.6 Å². The van der Waals surface area contributed by atoms with E-state index in [1.807, 2.05) is 23.5 Å². The Morgan fingerprint density at radius 2 is 1.73 bits per heavy atom. The summed E-state index contributed by atoms with van der Waals surface area (Å²) in [5, 5.41) is 5.76. The van der Waals surface area contributed by atoms with Crippen molar-refractivity contribution < 1.29 is 0 Å². The van der Waals surface area contributed by atoms with Gasteiger partial charge < -0.3 is 4.90 Å². The summed E-state index contributed by atoms with van der Waals surface area (Å²) in [6.07, 6.45) is 8.41. The van der Waals surface area contributed by atoms with Gasteiger partial charge in [-0.05, 0) is 43.9 Å². The molecule has 0 atom stereocenters. The highest BCUT2D eigenvalue weighted by Crippen LogP contribution is 2.32. The Morgan fingerprint density at radius 1 is 0.933 bits per heavy atom. The Balaban J connectivity index is 1.18. The zero-order chi connectivity index (χ0) is 20.3. The lowest BCUT2D eigenvalue weighted by atomic mass is 10.0. The van der Waals surface area contributed by atoms with Crippen LogP contribution in [0.25, 0.3) is 11.3 Å². The molecule has 2 aliphatic rings. The summed E-state index contributed by atoms with van der Waals surface area (Å²) in [6, 6.07) is 7.20. The molecule has 1 aliphatic heterocycles. The number of hydrogen-bond acceptors (Lipinski definition) is 7. The molecular formula is C22H26N6OS. The minimum Gasteiger partial charge on any atom is -0.346 e. The molecule has 1 saturated heterocycles. The topological polar surface area (TPSA) is 67.2 Å². The van der Waals surface area contributed by atoms with Gasteiger partial charge in [-0.1, -0.05) is 0 Å². The molecule has 0 spiro atoms. The fourth-order valence-corrected chi connectivity index (χ4v) is 5.36. The van der Waals surface area contributed by atoms with Crippen LogP contribution in [0.4, 0.5) is 5.13 Å². The van der Waals surface area contributed by atoms with Crippen LogP contribution in [0.1, 0.15) is 23.4 Å². The number of rotatable bonds is 5. The van der Waals surface area contributed by atoms with Gasteiger partial charge in [0.05, 0.1) is 17.9 Å². The van der Waals surface area contributed by atoms with Crippen LogP contribution < -0.4 is 10.5 Å². The van der Waals surface area contributed by atoms with Crippen molar-refractivity contribution in [3.63, 3.8) is 0 Å². The summed E-state index contributed by atoms with van der Waals surface area (Å²) in [5.74, 6) is 0. The largest absolute Gasteiger partial charge is 0.346 e. The molecule has 0 aromatic carbocycles. The molecule has 5 rings (SSSR count). The molecule has 3 aromatic heterocycles. The fraction of sp³-hybridized carbons (Fsp3) is 0.455. The Kier molecular flexibility index (Phi) is 5.59. The molecule has 4 heterocycles. The molecule has 0 radical (unpaired) electrons. The highest BCUT2D eigenvalue weighted by molar-refractivity contribution is 7.15. The van der Waals surface area contributed by atoms with Gasteiger partial charge >= 0.3 is 0 Å². The normalized spacial score (nSPS) is 17.1. The lowest BCUT2D eigenvalue weighted by Crippen LogP contribution is -2.47. The number of fused-ring (bicyclic) bond motifs is 1. The van der Waals surface area contributed by atoms with Crippen molar-refractivity contribution in [3.8, 4) is 11.3 Å². The van der Waals surface area contributed by atoms with Crippen molar-refractivity contribution in [2.24, 2.45) is 0 Å². The van der Waals surface area contributed by atoms with Crippen LogP contribution in [0.5, 0.6) is 0 Å². The minimum absolute atomic E-state index is 0.0557. The average molecular weight is 423 g/mol. The molecule has 0 unspecified atom stereocenters. The van der Waals surface area contributed by atoms with Gasteiger partial charge in [0.15, 0.2) is 5.13 Å². The number of thiazole rings is 1. The maximum Gasteiger partial charge on any atom is 0.266 e. The highest BCUT2D eigenvalue weighted by atomic mass is 32.1. The van der Waals surface area contributed by atoms with E-state index >= 15 is 0 Å². The van der Waals surface area contributed by atoms with E-state index in [0.717, 1.165) is 50.4 Å². The smallest absolute Gasteiger partial charge is 0.266 e. The first-order valence-corrected chi connectivity index (χ1v) is 11.5. The van der Waals surface area contributed by atoms with Crippen molar-refractivity contribution in [1.29, 1.82) is 0 Å². The fourth-order valence-electron chi connectivity index (χ4n) is 4.16. The summed E-state index contributed by atoms with van der Waals surface area (Å²) in [4.78, 5) is 27.6. The Hall–Kier alpha value is -2.58. The summed E-state index contributed by atoms with van der Waals surface area (Å²) >= 11 is 1.89. The number of hydrogen-bond donors (Lipinski definition) is 0. The lowest BCUT2D eigenvalue weighted by molar-refractivity contribution is 0.243. The number of pyridine rings is 1. The van der Waals surface area contributed by atoms with Crippen LogP contribution in [-0.4, -0.2) is 57.4 Å². The molecule has 0 bridgehead atoms. The summed E-state index contributed by atoms with van der Waals surface area (Å²) in [6.45, 7) is 5.39. The van der Waals surface area contributed by atoms with Gasteiger partial charge in [0.1, 0.15) is 0 Å². The van der Waals surface area contributed by atoms with E-state index in [0.29, 0.717) is 6.54 Å². The van der Waals surface area contributed by atoms with Crippen molar-refractivity contribution >= 4 is 16.5 Å². The molecule has 8 heteroatoms. The molecule has 156 valence electrons. The molecule has 0 saturated carbocycles.